The van der Waals surface area contributed by atoms with E-state index in [9.17, 15) is 9.59 Å². The van der Waals surface area contributed by atoms with Crippen molar-refractivity contribution in [3.05, 3.63) is 35.9 Å². The second-order valence-electron chi connectivity index (χ2n) is 6.86. The number of rotatable bonds is 3. The molecule has 0 aliphatic carbocycles. The van der Waals surface area contributed by atoms with E-state index in [-0.39, 0.29) is 18.7 Å². The van der Waals surface area contributed by atoms with Crippen LogP contribution in [0.25, 0.3) is 0 Å². The zero-order valence-electron chi connectivity index (χ0n) is 14.3. The first-order valence-corrected chi connectivity index (χ1v) is 7.95. The van der Waals surface area contributed by atoms with Crippen LogP contribution in [0, 0.1) is 0 Å². The molecule has 7 nitrogen and oxygen atoms in total. The van der Waals surface area contributed by atoms with E-state index < -0.39 is 17.8 Å². The number of alkyl carbamates (subject to hydrolysis) is 1. The average Bonchev–Trinajstić information content (AvgIpc) is 2.86. The molecular formula is C17H25N3O4. The first kappa shape index (κ1) is 18.1. The molecule has 1 fully saturated rings. The number of ether oxygens (including phenoxy) is 2. The third-order valence-electron chi connectivity index (χ3n) is 3.53. The quantitative estimate of drug-likeness (QED) is 0.879. The molecule has 0 spiro atoms. The van der Waals surface area contributed by atoms with Gasteiger partial charge in [-0.05, 0) is 26.3 Å². The first-order chi connectivity index (χ1) is 11.2. The van der Waals surface area contributed by atoms with Gasteiger partial charge in [-0.3, -0.25) is 0 Å². The molecule has 2 amide bonds. The Kier molecular flexibility index (Phi) is 5.66. The van der Waals surface area contributed by atoms with E-state index >= 15 is 0 Å². The second-order valence-corrected chi connectivity index (χ2v) is 6.86. The smallest absolute Gasteiger partial charge is 0.410 e. The molecule has 3 N–H and O–H groups in total. The van der Waals surface area contributed by atoms with Gasteiger partial charge in [0.15, 0.2) is 0 Å². The molecule has 0 radical (unpaired) electrons. The molecule has 1 aromatic rings. The molecular weight excluding hydrogens is 310 g/mol. The topological polar surface area (TPSA) is 93.9 Å². The molecule has 0 unspecified atom stereocenters. The zero-order valence-corrected chi connectivity index (χ0v) is 14.3. The Labute approximate surface area is 142 Å². The molecule has 0 bridgehead atoms. The van der Waals surface area contributed by atoms with Crippen molar-refractivity contribution >= 4 is 12.2 Å². The number of nitrogens with one attached hydrogen (secondary N) is 1. The van der Waals surface area contributed by atoms with Crippen molar-refractivity contribution in [2.75, 3.05) is 13.1 Å². The van der Waals surface area contributed by atoms with Crippen LogP contribution in [0.4, 0.5) is 9.59 Å². The van der Waals surface area contributed by atoms with Gasteiger partial charge in [0.25, 0.3) is 0 Å². The SMILES string of the molecule is CC(C)(C)OC(=O)N1C[C@@H](N)[C@@H](NC(=O)OCc2ccccc2)C1. The summed E-state index contributed by atoms with van der Waals surface area (Å²) < 4.78 is 10.5. The molecule has 1 aliphatic rings. The molecule has 1 aliphatic heterocycles. The normalized spacial score (nSPS) is 20.6. The minimum atomic E-state index is -0.568. The number of nitrogens with zero attached hydrogens (tertiary/aromatic N) is 1. The number of carbonyl (C=O) groups is 2. The Morgan fingerprint density at radius 1 is 1.25 bits per heavy atom. The van der Waals surface area contributed by atoms with Gasteiger partial charge in [0.05, 0.1) is 6.04 Å². The van der Waals surface area contributed by atoms with Crippen LogP contribution in [0.2, 0.25) is 0 Å². The second kappa shape index (κ2) is 7.53. The van der Waals surface area contributed by atoms with Gasteiger partial charge in [0.1, 0.15) is 12.2 Å². The van der Waals surface area contributed by atoms with Crippen LogP contribution >= 0.6 is 0 Å². The predicted molar refractivity (Wildman–Crippen MR) is 89.3 cm³/mol. The highest BCUT2D eigenvalue weighted by Crippen LogP contribution is 2.15. The Morgan fingerprint density at radius 3 is 2.54 bits per heavy atom. The summed E-state index contributed by atoms with van der Waals surface area (Å²) in [6.45, 7) is 6.23. The summed E-state index contributed by atoms with van der Waals surface area (Å²) in [6, 6.07) is 8.68. The van der Waals surface area contributed by atoms with E-state index in [1.165, 1.54) is 4.90 Å². The fourth-order valence-corrected chi connectivity index (χ4v) is 2.37. The van der Waals surface area contributed by atoms with Crippen LogP contribution < -0.4 is 11.1 Å². The Balaban J connectivity index is 1.80. The molecule has 7 heteroatoms. The number of hydrogen-bond acceptors (Lipinski definition) is 5. The van der Waals surface area contributed by atoms with Crippen molar-refractivity contribution in [3.63, 3.8) is 0 Å². The lowest BCUT2D eigenvalue weighted by molar-refractivity contribution is 0.0288. The summed E-state index contributed by atoms with van der Waals surface area (Å²) >= 11 is 0. The number of hydrogen-bond donors (Lipinski definition) is 2. The minimum absolute atomic E-state index is 0.185. The Morgan fingerprint density at radius 2 is 1.92 bits per heavy atom. The fraction of sp³-hybridized carbons (Fsp3) is 0.529. The maximum absolute atomic E-state index is 12.1. The summed E-state index contributed by atoms with van der Waals surface area (Å²) in [5.74, 6) is 0. The van der Waals surface area contributed by atoms with Crippen LogP contribution in [-0.4, -0.2) is 47.9 Å². The number of likely N-dealkylation sites (tertiary alicyclic amines) is 1. The molecule has 132 valence electrons. The largest absolute Gasteiger partial charge is 0.445 e. The van der Waals surface area contributed by atoms with Gasteiger partial charge in [-0.25, -0.2) is 9.59 Å². The van der Waals surface area contributed by atoms with E-state index in [4.69, 9.17) is 15.2 Å². The van der Waals surface area contributed by atoms with Crippen LogP contribution in [0.3, 0.4) is 0 Å². The monoisotopic (exact) mass is 335 g/mol. The number of nitrogens with two attached hydrogens (primary N) is 1. The molecule has 1 aromatic carbocycles. The Bertz CT molecular complexity index is 571. The maximum Gasteiger partial charge on any atom is 0.410 e. The molecule has 1 saturated heterocycles. The number of carbonyl (C=O) groups excluding carboxylic acids is 2. The highest BCUT2D eigenvalue weighted by Gasteiger charge is 2.36. The number of benzene rings is 1. The van der Waals surface area contributed by atoms with Crippen LogP contribution in [0.1, 0.15) is 26.3 Å². The standard InChI is InChI=1S/C17H25N3O4/c1-17(2,3)24-16(22)20-9-13(18)14(10-20)19-15(21)23-11-12-7-5-4-6-8-12/h4-8,13-14H,9-11,18H2,1-3H3,(H,19,21)/t13-,14+/m1/s1. The lowest BCUT2D eigenvalue weighted by Crippen LogP contribution is -2.46. The first-order valence-electron chi connectivity index (χ1n) is 7.95. The predicted octanol–water partition coefficient (Wildman–Crippen LogP) is 1.86. The van der Waals surface area contributed by atoms with Crippen molar-refractivity contribution in [1.82, 2.24) is 10.2 Å². The van der Waals surface area contributed by atoms with Crippen LogP contribution in [0.5, 0.6) is 0 Å². The van der Waals surface area contributed by atoms with E-state index in [0.29, 0.717) is 13.1 Å². The highest BCUT2D eigenvalue weighted by molar-refractivity contribution is 5.70. The molecule has 0 aromatic heterocycles. The summed E-state index contributed by atoms with van der Waals surface area (Å²) in [4.78, 5) is 25.5. The summed E-state index contributed by atoms with van der Waals surface area (Å²) in [7, 11) is 0. The van der Waals surface area contributed by atoms with Crippen LogP contribution in [0.15, 0.2) is 30.3 Å². The number of amides is 2. The molecule has 24 heavy (non-hydrogen) atoms. The van der Waals surface area contributed by atoms with Crippen molar-refractivity contribution < 1.29 is 19.1 Å². The fourth-order valence-electron chi connectivity index (χ4n) is 2.37. The third kappa shape index (κ3) is 5.42. The van der Waals surface area contributed by atoms with Gasteiger partial charge < -0.3 is 25.4 Å². The van der Waals surface area contributed by atoms with Crippen molar-refractivity contribution in [2.24, 2.45) is 5.73 Å². The minimum Gasteiger partial charge on any atom is -0.445 e. The Hall–Kier alpha value is -2.28. The summed E-state index contributed by atoms with van der Waals surface area (Å²) in [6.07, 6.45) is -0.981. The van der Waals surface area contributed by atoms with E-state index in [1.54, 1.807) is 20.8 Å². The molecule has 1 heterocycles. The molecule has 2 rings (SSSR count). The summed E-state index contributed by atoms with van der Waals surface area (Å²) in [5, 5.41) is 2.71. The lowest BCUT2D eigenvalue weighted by Gasteiger charge is -2.24. The van der Waals surface area contributed by atoms with Gasteiger partial charge in [0.2, 0.25) is 0 Å². The third-order valence-corrected chi connectivity index (χ3v) is 3.53. The van der Waals surface area contributed by atoms with E-state index in [0.717, 1.165) is 5.56 Å². The lowest BCUT2D eigenvalue weighted by atomic mass is 10.2. The molecule has 0 saturated carbocycles. The van der Waals surface area contributed by atoms with Crippen molar-refractivity contribution in [3.8, 4) is 0 Å². The van der Waals surface area contributed by atoms with Crippen molar-refractivity contribution in [1.29, 1.82) is 0 Å². The van der Waals surface area contributed by atoms with Crippen LogP contribution in [-0.2, 0) is 16.1 Å². The summed E-state index contributed by atoms with van der Waals surface area (Å²) in [5.41, 5.74) is 6.34. The van der Waals surface area contributed by atoms with Gasteiger partial charge in [-0.1, -0.05) is 30.3 Å². The van der Waals surface area contributed by atoms with Gasteiger partial charge in [0, 0.05) is 19.1 Å². The van der Waals surface area contributed by atoms with E-state index in [1.807, 2.05) is 30.3 Å². The van der Waals surface area contributed by atoms with Crippen molar-refractivity contribution in [2.45, 2.75) is 45.1 Å². The zero-order chi connectivity index (χ0) is 17.7. The van der Waals surface area contributed by atoms with Gasteiger partial charge in [-0.2, -0.15) is 0 Å². The van der Waals surface area contributed by atoms with E-state index in [2.05, 4.69) is 5.32 Å². The maximum atomic E-state index is 12.1. The molecule has 2 atom stereocenters. The van der Waals surface area contributed by atoms with Gasteiger partial charge in [-0.15, -0.1) is 0 Å². The van der Waals surface area contributed by atoms with Gasteiger partial charge >= 0.3 is 12.2 Å². The highest BCUT2D eigenvalue weighted by atomic mass is 16.6. The average molecular weight is 335 g/mol.